The summed E-state index contributed by atoms with van der Waals surface area (Å²) >= 11 is 0. The fourth-order valence-corrected chi connectivity index (χ4v) is 2.96. The number of nitrogens with one attached hydrogen (secondary N) is 2. The lowest BCUT2D eigenvalue weighted by Crippen LogP contribution is -2.38. The highest BCUT2D eigenvalue weighted by Crippen LogP contribution is 2.17. The van der Waals surface area contributed by atoms with Crippen LogP contribution in [0.5, 0.6) is 0 Å². The lowest BCUT2D eigenvalue weighted by Gasteiger charge is -2.29. The number of imidazole rings is 1. The van der Waals surface area contributed by atoms with Crippen LogP contribution in [-0.2, 0) is 0 Å². The van der Waals surface area contributed by atoms with Crippen molar-refractivity contribution in [2.75, 3.05) is 37.3 Å². The van der Waals surface area contributed by atoms with Gasteiger partial charge in [-0.2, -0.15) is 0 Å². The SMILES string of the molecule is CNc1cn2ccnc2c(NC(C)CN2CCCCC2)n1. The van der Waals surface area contributed by atoms with Crippen LogP contribution in [0.25, 0.3) is 5.65 Å². The molecule has 0 saturated carbocycles. The minimum atomic E-state index is 0.350. The van der Waals surface area contributed by atoms with E-state index in [1.165, 1.54) is 32.4 Å². The molecule has 21 heavy (non-hydrogen) atoms. The molecule has 1 aliphatic rings. The molecule has 0 aliphatic carbocycles. The Morgan fingerprint density at radius 1 is 1.29 bits per heavy atom. The molecular formula is C15H24N6. The zero-order chi connectivity index (χ0) is 14.7. The highest BCUT2D eigenvalue weighted by atomic mass is 15.2. The zero-order valence-corrected chi connectivity index (χ0v) is 12.8. The van der Waals surface area contributed by atoms with Gasteiger partial charge in [-0.05, 0) is 32.9 Å². The van der Waals surface area contributed by atoms with Crippen LogP contribution in [0.4, 0.5) is 11.6 Å². The highest BCUT2D eigenvalue weighted by molar-refractivity contribution is 5.65. The minimum absolute atomic E-state index is 0.350. The first-order valence-electron chi connectivity index (χ1n) is 7.76. The number of fused-ring (bicyclic) bond motifs is 1. The van der Waals surface area contributed by atoms with Gasteiger partial charge in [0.25, 0.3) is 0 Å². The third-order valence-corrected chi connectivity index (χ3v) is 3.99. The van der Waals surface area contributed by atoms with Crippen molar-refractivity contribution in [3.63, 3.8) is 0 Å². The average Bonchev–Trinajstić information content (AvgIpc) is 2.96. The van der Waals surface area contributed by atoms with E-state index in [-0.39, 0.29) is 0 Å². The van der Waals surface area contributed by atoms with Gasteiger partial charge in [-0.1, -0.05) is 6.42 Å². The topological polar surface area (TPSA) is 57.5 Å². The van der Waals surface area contributed by atoms with E-state index >= 15 is 0 Å². The average molecular weight is 288 g/mol. The van der Waals surface area contributed by atoms with E-state index in [0.717, 1.165) is 23.8 Å². The van der Waals surface area contributed by atoms with Crippen molar-refractivity contribution < 1.29 is 0 Å². The number of rotatable bonds is 5. The molecule has 0 aromatic carbocycles. The van der Waals surface area contributed by atoms with Crippen LogP contribution < -0.4 is 10.6 Å². The normalized spacial score (nSPS) is 17.8. The number of hydrogen-bond acceptors (Lipinski definition) is 5. The lowest BCUT2D eigenvalue weighted by atomic mass is 10.1. The van der Waals surface area contributed by atoms with Crippen LogP contribution in [0.2, 0.25) is 0 Å². The Morgan fingerprint density at radius 3 is 2.86 bits per heavy atom. The van der Waals surface area contributed by atoms with Crippen molar-refractivity contribution >= 4 is 17.3 Å². The predicted molar refractivity (Wildman–Crippen MR) is 85.9 cm³/mol. The van der Waals surface area contributed by atoms with Crippen molar-refractivity contribution in [2.45, 2.75) is 32.2 Å². The van der Waals surface area contributed by atoms with Gasteiger partial charge in [0, 0.05) is 32.0 Å². The zero-order valence-electron chi connectivity index (χ0n) is 12.8. The monoisotopic (exact) mass is 288 g/mol. The second kappa shape index (κ2) is 6.30. The van der Waals surface area contributed by atoms with Crippen LogP contribution in [0.1, 0.15) is 26.2 Å². The van der Waals surface area contributed by atoms with Crippen molar-refractivity contribution in [3.05, 3.63) is 18.6 Å². The van der Waals surface area contributed by atoms with Crippen LogP contribution in [-0.4, -0.2) is 52.0 Å². The van der Waals surface area contributed by atoms with Gasteiger partial charge in [-0.15, -0.1) is 0 Å². The maximum atomic E-state index is 4.60. The van der Waals surface area contributed by atoms with E-state index in [0.29, 0.717) is 6.04 Å². The molecule has 1 fully saturated rings. The Kier molecular flexibility index (Phi) is 4.24. The summed E-state index contributed by atoms with van der Waals surface area (Å²) in [5.74, 6) is 1.68. The molecule has 1 unspecified atom stereocenters. The molecule has 1 atom stereocenters. The Labute approximate surface area is 125 Å². The van der Waals surface area contributed by atoms with Gasteiger partial charge < -0.3 is 19.9 Å². The maximum Gasteiger partial charge on any atom is 0.180 e. The van der Waals surface area contributed by atoms with Crippen molar-refractivity contribution in [1.82, 2.24) is 19.3 Å². The highest BCUT2D eigenvalue weighted by Gasteiger charge is 2.15. The first-order chi connectivity index (χ1) is 10.3. The molecule has 0 amide bonds. The van der Waals surface area contributed by atoms with Gasteiger partial charge in [0.2, 0.25) is 0 Å². The molecule has 6 nitrogen and oxygen atoms in total. The van der Waals surface area contributed by atoms with E-state index in [2.05, 4.69) is 32.4 Å². The van der Waals surface area contributed by atoms with Crippen LogP contribution in [0.15, 0.2) is 18.6 Å². The number of aromatic nitrogens is 3. The molecule has 114 valence electrons. The molecule has 2 aromatic heterocycles. The van der Waals surface area contributed by atoms with Crippen LogP contribution in [0.3, 0.4) is 0 Å². The van der Waals surface area contributed by atoms with Gasteiger partial charge in [0.15, 0.2) is 11.5 Å². The molecule has 2 aromatic rings. The van der Waals surface area contributed by atoms with Crippen LogP contribution in [0, 0.1) is 0 Å². The van der Waals surface area contributed by atoms with Crippen molar-refractivity contribution in [1.29, 1.82) is 0 Å². The fraction of sp³-hybridized carbons (Fsp3) is 0.600. The molecule has 0 radical (unpaired) electrons. The van der Waals surface area contributed by atoms with E-state index in [9.17, 15) is 0 Å². The quantitative estimate of drug-likeness (QED) is 0.882. The van der Waals surface area contributed by atoms with Crippen molar-refractivity contribution in [3.8, 4) is 0 Å². The molecule has 1 aliphatic heterocycles. The van der Waals surface area contributed by atoms with Crippen molar-refractivity contribution in [2.24, 2.45) is 0 Å². The van der Waals surface area contributed by atoms with E-state index in [1.54, 1.807) is 6.20 Å². The third kappa shape index (κ3) is 3.26. The molecule has 3 rings (SSSR count). The summed E-state index contributed by atoms with van der Waals surface area (Å²) in [6.07, 6.45) is 9.71. The summed E-state index contributed by atoms with van der Waals surface area (Å²) in [4.78, 5) is 11.5. The Bertz CT molecular complexity index is 587. The maximum absolute atomic E-state index is 4.60. The third-order valence-electron chi connectivity index (χ3n) is 3.99. The first kappa shape index (κ1) is 14.1. The fourth-order valence-electron chi connectivity index (χ4n) is 2.96. The van der Waals surface area contributed by atoms with Gasteiger partial charge in [0.05, 0.1) is 6.20 Å². The molecule has 0 bridgehead atoms. The second-order valence-corrected chi connectivity index (χ2v) is 5.79. The Hall–Kier alpha value is -1.82. The summed E-state index contributed by atoms with van der Waals surface area (Å²) in [6, 6.07) is 0.350. The van der Waals surface area contributed by atoms with Gasteiger partial charge in [0.1, 0.15) is 5.82 Å². The largest absolute Gasteiger partial charge is 0.372 e. The van der Waals surface area contributed by atoms with E-state index in [1.807, 2.05) is 23.8 Å². The molecule has 0 spiro atoms. The van der Waals surface area contributed by atoms with Gasteiger partial charge in [-0.25, -0.2) is 9.97 Å². The van der Waals surface area contributed by atoms with E-state index in [4.69, 9.17) is 0 Å². The molecule has 1 saturated heterocycles. The number of hydrogen-bond donors (Lipinski definition) is 2. The van der Waals surface area contributed by atoms with Gasteiger partial charge in [-0.3, -0.25) is 0 Å². The number of likely N-dealkylation sites (tertiary alicyclic amines) is 1. The lowest BCUT2D eigenvalue weighted by molar-refractivity contribution is 0.223. The Morgan fingerprint density at radius 2 is 2.10 bits per heavy atom. The summed E-state index contributed by atoms with van der Waals surface area (Å²) < 4.78 is 1.99. The van der Waals surface area contributed by atoms with Gasteiger partial charge >= 0.3 is 0 Å². The summed E-state index contributed by atoms with van der Waals surface area (Å²) in [5.41, 5.74) is 0.875. The smallest absolute Gasteiger partial charge is 0.180 e. The Balaban J connectivity index is 1.72. The molecule has 6 heteroatoms. The van der Waals surface area contributed by atoms with E-state index < -0.39 is 0 Å². The first-order valence-corrected chi connectivity index (χ1v) is 7.76. The summed E-state index contributed by atoms with van der Waals surface area (Å²) in [7, 11) is 1.88. The number of nitrogens with zero attached hydrogens (tertiary/aromatic N) is 4. The number of anilines is 2. The molecule has 3 heterocycles. The van der Waals surface area contributed by atoms with Crippen LogP contribution >= 0.6 is 0 Å². The molecule has 2 N–H and O–H groups in total. The predicted octanol–water partition coefficient (Wildman–Crippen LogP) is 2.06. The summed E-state index contributed by atoms with van der Waals surface area (Å²) in [5, 5.41) is 6.61. The molecular weight excluding hydrogens is 264 g/mol. The second-order valence-electron chi connectivity index (χ2n) is 5.79. The standard InChI is InChI=1S/C15H24N6/c1-12(10-20-7-4-3-5-8-20)18-14-15-17-6-9-21(15)11-13(16-2)19-14/h6,9,11-12,16H,3-5,7-8,10H2,1-2H3,(H,18,19). The number of piperidine rings is 1. The minimum Gasteiger partial charge on any atom is -0.372 e. The summed E-state index contributed by atoms with van der Waals surface area (Å²) in [6.45, 7) is 5.70.